The Kier molecular flexibility index (Phi) is 6.24. The van der Waals surface area contributed by atoms with Gasteiger partial charge in [0.25, 0.3) is 5.56 Å². The van der Waals surface area contributed by atoms with Gasteiger partial charge in [-0.05, 0) is 32.3 Å². The average molecular weight is 385 g/mol. The van der Waals surface area contributed by atoms with Crippen LogP contribution < -0.4 is 16.6 Å². The first-order valence-corrected chi connectivity index (χ1v) is 9.26. The molecule has 138 valence electrons. The van der Waals surface area contributed by atoms with Crippen LogP contribution in [0.15, 0.2) is 4.79 Å². The van der Waals surface area contributed by atoms with Gasteiger partial charge in [0.2, 0.25) is 5.91 Å². The SMILES string of the molecule is Cc1sc2nc(CCC(=O)NC3(CN)CCCC3)[nH]c(=O)c2c1C.Cl. The van der Waals surface area contributed by atoms with Crippen molar-refractivity contribution in [1.82, 2.24) is 15.3 Å². The normalized spacial score (nSPS) is 16.0. The number of hydrogen-bond acceptors (Lipinski definition) is 5. The summed E-state index contributed by atoms with van der Waals surface area (Å²) in [7, 11) is 0. The second-order valence-corrected chi connectivity index (χ2v) is 7.92. The number of nitrogens with zero attached hydrogens (tertiary/aromatic N) is 1. The highest BCUT2D eigenvalue weighted by Crippen LogP contribution is 2.29. The van der Waals surface area contributed by atoms with Crippen molar-refractivity contribution in [2.75, 3.05) is 6.54 Å². The molecule has 4 N–H and O–H groups in total. The molecule has 0 radical (unpaired) electrons. The van der Waals surface area contributed by atoms with E-state index in [1.165, 1.54) is 11.3 Å². The number of aromatic amines is 1. The standard InChI is InChI=1S/C17H24N4O2S.ClH/c1-10-11(2)24-16-14(10)15(23)19-12(20-16)5-6-13(22)21-17(9-18)7-3-4-8-17;/h3-9,18H2,1-2H3,(H,21,22)(H,19,20,23);1H. The minimum atomic E-state index is -0.232. The van der Waals surface area contributed by atoms with E-state index < -0.39 is 0 Å². The first-order chi connectivity index (χ1) is 11.4. The van der Waals surface area contributed by atoms with Crippen LogP contribution in [0.1, 0.15) is 48.4 Å². The monoisotopic (exact) mass is 384 g/mol. The largest absolute Gasteiger partial charge is 0.349 e. The van der Waals surface area contributed by atoms with Crippen LogP contribution in [0.3, 0.4) is 0 Å². The molecule has 8 heteroatoms. The van der Waals surface area contributed by atoms with Crippen LogP contribution in [0.2, 0.25) is 0 Å². The van der Waals surface area contributed by atoms with E-state index in [9.17, 15) is 9.59 Å². The van der Waals surface area contributed by atoms with Gasteiger partial charge in [0.05, 0.1) is 10.9 Å². The number of H-pyrrole nitrogens is 1. The summed E-state index contributed by atoms with van der Waals surface area (Å²) in [5, 5.41) is 3.76. The highest BCUT2D eigenvalue weighted by Gasteiger charge is 2.33. The van der Waals surface area contributed by atoms with Crippen molar-refractivity contribution in [2.45, 2.75) is 57.9 Å². The predicted molar refractivity (Wildman–Crippen MR) is 104 cm³/mol. The highest BCUT2D eigenvalue weighted by molar-refractivity contribution is 7.18. The van der Waals surface area contributed by atoms with Crippen molar-refractivity contribution >= 4 is 39.9 Å². The second kappa shape index (κ2) is 7.85. The van der Waals surface area contributed by atoms with Gasteiger partial charge in [0, 0.05) is 24.3 Å². The fourth-order valence-electron chi connectivity index (χ4n) is 3.44. The van der Waals surface area contributed by atoms with Gasteiger partial charge in [-0.1, -0.05) is 12.8 Å². The van der Waals surface area contributed by atoms with E-state index in [0.29, 0.717) is 30.6 Å². The Morgan fingerprint density at radius 3 is 2.68 bits per heavy atom. The Bertz CT molecular complexity index is 824. The van der Waals surface area contributed by atoms with Gasteiger partial charge in [0.15, 0.2) is 0 Å². The van der Waals surface area contributed by atoms with Gasteiger partial charge in [-0.3, -0.25) is 9.59 Å². The molecule has 25 heavy (non-hydrogen) atoms. The molecule has 0 bridgehead atoms. The van der Waals surface area contributed by atoms with Crippen LogP contribution in [0.5, 0.6) is 0 Å². The molecule has 0 aliphatic heterocycles. The third kappa shape index (κ3) is 4.04. The van der Waals surface area contributed by atoms with Gasteiger partial charge < -0.3 is 16.0 Å². The molecule has 0 saturated heterocycles. The smallest absolute Gasteiger partial charge is 0.259 e. The van der Waals surface area contributed by atoms with Crippen molar-refractivity contribution in [3.05, 3.63) is 26.6 Å². The summed E-state index contributed by atoms with van der Waals surface area (Å²) >= 11 is 1.52. The molecule has 1 fully saturated rings. The maximum Gasteiger partial charge on any atom is 0.259 e. The summed E-state index contributed by atoms with van der Waals surface area (Å²) in [6.07, 6.45) is 4.85. The molecule has 2 aromatic heterocycles. The zero-order chi connectivity index (χ0) is 17.3. The van der Waals surface area contributed by atoms with E-state index in [1.54, 1.807) is 0 Å². The van der Waals surface area contributed by atoms with E-state index in [4.69, 9.17) is 5.73 Å². The summed E-state index contributed by atoms with van der Waals surface area (Å²) in [6.45, 7) is 4.40. The zero-order valence-electron chi connectivity index (χ0n) is 14.6. The highest BCUT2D eigenvalue weighted by atomic mass is 35.5. The number of aromatic nitrogens is 2. The fourth-order valence-corrected chi connectivity index (χ4v) is 4.49. The molecule has 0 aromatic carbocycles. The number of carbonyl (C=O) groups is 1. The summed E-state index contributed by atoms with van der Waals surface area (Å²) in [6, 6.07) is 0. The second-order valence-electron chi connectivity index (χ2n) is 6.72. The van der Waals surface area contributed by atoms with E-state index in [0.717, 1.165) is 41.0 Å². The number of thiophene rings is 1. The summed E-state index contributed by atoms with van der Waals surface area (Å²) < 4.78 is 0. The molecule has 0 unspecified atom stereocenters. The number of aryl methyl sites for hydroxylation is 3. The molecular formula is C17H25ClN4O2S. The van der Waals surface area contributed by atoms with Crippen molar-refractivity contribution < 1.29 is 4.79 Å². The lowest BCUT2D eigenvalue weighted by Gasteiger charge is -2.28. The zero-order valence-corrected chi connectivity index (χ0v) is 16.2. The number of carbonyl (C=O) groups excluding carboxylic acids is 1. The van der Waals surface area contributed by atoms with Gasteiger partial charge in [0.1, 0.15) is 10.7 Å². The maximum atomic E-state index is 12.3. The number of amides is 1. The lowest BCUT2D eigenvalue weighted by atomic mass is 9.97. The topological polar surface area (TPSA) is 101 Å². The number of nitrogens with one attached hydrogen (secondary N) is 2. The Morgan fingerprint density at radius 2 is 2.04 bits per heavy atom. The molecule has 2 heterocycles. The maximum absolute atomic E-state index is 12.3. The molecule has 1 amide bonds. The summed E-state index contributed by atoms with van der Waals surface area (Å²) in [4.78, 5) is 33.7. The van der Waals surface area contributed by atoms with E-state index in [1.807, 2.05) is 13.8 Å². The number of fused-ring (bicyclic) bond motifs is 1. The molecular weight excluding hydrogens is 360 g/mol. The minimum Gasteiger partial charge on any atom is -0.349 e. The predicted octanol–water partition coefficient (Wildman–Crippen LogP) is 2.34. The van der Waals surface area contributed by atoms with Crippen LogP contribution in [0.25, 0.3) is 10.2 Å². The van der Waals surface area contributed by atoms with Crippen LogP contribution >= 0.6 is 23.7 Å². The first-order valence-electron chi connectivity index (χ1n) is 8.44. The van der Waals surface area contributed by atoms with Crippen molar-refractivity contribution in [1.29, 1.82) is 0 Å². The number of hydrogen-bond donors (Lipinski definition) is 3. The number of rotatable bonds is 5. The molecule has 6 nitrogen and oxygen atoms in total. The minimum absolute atomic E-state index is 0. The summed E-state index contributed by atoms with van der Waals surface area (Å²) in [5.41, 5.74) is 6.48. The third-order valence-electron chi connectivity index (χ3n) is 5.03. The van der Waals surface area contributed by atoms with Gasteiger partial charge in [-0.15, -0.1) is 23.7 Å². The number of halogens is 1. The van der Waals surface area contributed by atoms with Gasteiger partial charge in [-0.2, -0.15) is 0 Å². The summed E-state index contributed by atoms with van der Waals surface area (Å²) in [5.74, 6) is 0.542. The van der Waals surface area contributed by atoms with Crippen LogP contribution in [-0.2, 0) is 11.2 Å². The molecule has 1 saturated carbocycles. The lowest BCUT2D eigenvalue weighted by Crippen LogP contribution is -2.51. The Labute approximate surface area is 157 Å². The lowest BCUT2D eigenvalue weighted by molar-refractivity contribution is -0.122. The van der Waals surface area contributed by atoms with Gasteiger partial charge in [-0.25, -0.2) is 4.98 Å². The quantitative estimate of drug-likeness (QED) is 0.736. The molecule has 1 aliphatic carbocycles. The Balaban J connectivity index is 0.00000225. The average Bonchev–Trinajstić information content (AvgIpc) is 3.11. The Morgan fingerprint density at radius 1 is 1.36 bits per heavy atom. The molecule has 0 atom stereocenters. The fraction of sp³-hybridized carbons (Fsp3) is 0.588. The molecule has 3 rings (SSSR count). The first kappa shape index (κ1) is 19.9. The molecule has 1 aliphatic rings. The van der Waals surface area contributed by atoms with Crippen molar-refractivity contribution in [3.63, 3.8) is 0 Å². The van der Waals surface area contributed by atoms with Crippen LogP contribution in [0, 0.1) is 13.8 Å². The van der Waals surface area contributed by atoms with Crippen molar-refractivity contribution in [2.24, 2.45) is 5.73 Å². The Hall–Kier alpha value is -1.44. The van der Waals surface area contributed by atoms with E-state index >= 15 is 0 Å². The van der Waals surface area contributed by atoms with Crippen molar-refractivity contribution in [3.8, 4) is 0 Å². The van der Waals surface area contributed by atoms with E-state index in [-0.39, 0.29) is 29.4 Å². The van der Waals surface area contributed by atoms with Gasteiger partial charge >= 0.3 is 0 Å². The third-order valence-corrected chi connectivity index (χ3v) is 6.13. The van der Waals surface area contributed by atoms with Crippen LogP contribution in [0.4, 0.5) is 0 Å². The molecule has 2 aromatic rings. The molecule has 0 spiro atoms. The van der Waals surface area contributed by atoms with E-state index in [2.05, 4.69) is 15.3 Å². The number of nitrogens with two attached hydrogens (primary N) is 1. The van der Waals surface area contributed by atoms with Crippen LogP contribution in [-0.4, -0.2) is 28.0 Å².